The first-order chi connectivity index (χ1) is 8.98. The van der Waals surface area contributed by atoms with Crippen molar-refractivity contribution in [2.75, 3.05) is 19.7 Å². The highest BCUT2D eigenvalue weighted by Crippen LogP contribution is 2.34. The van der Waals surface area contributed by atoms with Crippen molar-refractivity contribution >= 4 is 12.4 Å². The molecule has 1 fully saturated rings. The largest absolute Gasteiger partial charge is 0.491 e. The first-order valence-electron chi connectivity index (χ1n) is 6.34. The molecule has 2 heterocycles. The average molecular weight is 311 g/mol. The molecule has 3 nitrogen and oxygen atoms in total. The van der Waals surface area contributed by atoms with Gasteiger partial charge in [-0.1, -0.05) is 6.92 Å². The quantitative estimate of drug-likeness (QED) is 0.931. The number of hydrogen-bond acceptors (Lipinski definition) is 3. The van der Waals surface area contributed by atoms with Crippen molar-refractivity contribution in [2.24, 2.45) is 11.8 Å². The highest BCUT2D eigenvalue weighted by atomic mass is 35.5. The highest BCUT2D eigenvalue weighted by molar-refractivity contribution is 5.85. The van der Waals surface area contributed by atoms with Gasteiger partial charge in [0.1, 0.15) is 5.75 Å². The van der Waals surface area contributed by atoms with Crippen molar-refractivity contribution in [3.05, 3.63) is 24.0 Å². The second kappa shape index (κ2) is 7.13. The molecular formula is C13H18ClF3N2O. The zero-order chi connectivity index (χ0) is 13.9. The van der Waals surface area contributed by atoms with E-state index in [2.05, 4.69) is 17.2 Å². The molecule has 0 bridgehead atoms. The van der Waals surface area contributed by atoms with Crippen molar-refractivity contribution in [3.63, 3.8) is 0 Å². The van der Waals surface area contributed by atoms with Gasteiger partial charge in [-0.2, -0.15) is 13.2 Å². The Morgan fingerprint density at radius 1 is 1.45 bits per heavy atom. The molecule has 0 amide bonds. The molecule has 1 aliphatic heterocycles. The van der Waals surface area contributed by atoms with Gasteiger partial charge in [-0.15, -0.1) is 12.4 Å². The average Bonchev–Trinajstić information content (AvgIpc) is 2.37. The van der Waals surface area contributed by atoms with Crippen molar-refractivity contribution in [3.8, 4) is 5.75 Å². The zero-order valence-electron chi connectivity index (χ0n) is 11.1. The van der Waals surface area contributed by atoms with Gasteiger partial charge in [0.2, 0.25) is 0 Å². The molecule has 1 N–H and O–H groups in total. The number of rotatable bonds is 3. The van der Waals surface area contributed by atoms with Gasteiger partial charge < -0.3 is 10.1 Å². The van der Waals surface area contributed by atoms with Crippen molar-refractivity contribution in [2.45, 2.75) is 19.5 Å². The molecule has 2 atom stereocenters. The second-order valence-corrected chi connectivity index (χ2v) is 4.89. The number of aromatic nitrogens is 1. The van der Waals surface area contributed by atoms with Crippen LogP contribution in [0.1, 0.15) is 19.0 Å². The topological polar surface area (TPSA) is 34.1 Å². The molecule has 0 aromatic carbocycles. The van der Waals surface area contributed by atoms with Gasteiger partial charge >= 0.3 is 6.18 Å². The van der Waals surface area contributed by atoms with E-state index in [-0.39, 0.29) is 30.7 Å². The third kappa shape index (κ3) is 4.24. The number of nitrogens with zero attached hydrogens (tertiary/aromatic N) is 1. The van der Waals surface area contributed by atoms with Gasteiger partial charge in [-0.25, -0.2) is 4.98 Å². The molecule has 2 rings (SSSR count). The Morgan fingerprint density at radius 2 is 2.20 bits per heavy atom. The highest BCUT2D eigenvalue weighted by Gasteiger charge is 2.36. The molecule has 0 radical (unpaired) electrons. The van der Waals surface area contributed by atoms with Crippen molar-refractivity contribution in [1.82, 2.24) is 10.3 Å². The van der Waals surface area contributed by atoms with Gasteiger partial charge in [-0.3, -0.25) is 0 Å². The third-order valence-electron chi connectivity index (χ3n) is 3.48. The minimum Gasteiger partial charge on any atom is -0.491 e. The number of pyridine rings is 1. The maximum absolute atomic E-state index is 12.7. The van der Waals surface area contributed by atoms with Crippen LogP contribution in [0.4, 0.5) is 13.2 Å². The summed E-state index contributed by atoms with van der Waals surface area (Å²) in [5, 5.41) is 3.23. The summed E-state index contributed by atoms with van der Waals surface area (Å²) in [4.78, 5) is 3.37. The summed E-state index contributed by atoms with van der Waals surface area (Å²) in [6, 6.07) is 2.77. The number of piperidine rings is 1. The van der Waals surface area contributed by atoms with Crippen molar-refractivity contribution in [1.29, 1.82) is 0 Å². The minimum atomic E-state index is -4.48. The smallest absolute Gasteiger partial charge is 0.437 e. The van der Waals surface area contributed by atoms with E-state index in [1.54, 1.807) is 0 Å². The fourth-order valence-electron chi connectivity index (χ4n) is 2.19. The molecule has 0 spiro atoms. The molecule has 0 aliphatic carbocycles. The normalized spacial score (nSPS) is 23.0. The standard InChI is InChI=1S/C13H17F3N2O.ClH/c1-9-4-6-17-7-10(9)8-19-11-3-2-5-18-12(11)13(14,15)16;/h2-3,5,9-10,17H,4,6-8H2,1H3;1H. The molecular weight excluding hydrogens is 293 g/mol. The molecule has 1 aliphatic rings. The molecule has 0 saturated carbocycles. The number of nitrogens with one attached hydrogen (secondary N) is 1. The summed E-state index contributed by atoms with van der Waals surface area (Å²) in [5.74, 6) is 0.495. The fraction of sp³-hybridized carbons (Fsp3) is 0.615. The Bertz CT molecular complexity index is 428. The lowest BCUT2D eigenvalue weighted by Crippen LogP contribution is -2.38. The van der Waals surface area contributed by atoms with E-state index in [0.717, 1.165) is 25.7 Å². The van der Waals surface area contributed by atoms with Crippen LogP contribution >= 0.6 is 12.4 Å². The van der Waals surface area contributed by atoms with Crippen LogP contribution in [0, 0.1) is 11.8 Å². The van der Waals surface area contributed by atoms with Crippen LogP contribution in [-0.4, -0.2) is 24.7 Å². The van der Waals surface area contributed by atoms with Gasteiger partial charge in [0, 0.05) is 18.7 Å². The summed E-state index contributed by atoms with van der Waals surface area (Å²) >= 11 is 0. The predicted octanol–water partition coefficient (Wildman–Crippen LogP) is 3.15. The van der Waals surface area contributed by atoms with E-state index in [4.69, 9.17) is 4.74 Å². The molecule has 1 saturated heterocycles. The van der Waals surface area contributed by atoms with Gasteiger partial charge in [0.05, 0.1) is 6.61 Å². The summed E-state index contributed by atoms with van der Waals surface area (Å²) in [6.45, 7) is 4.12. The maximum Gasteiger partial charge on any atom is 0.437 e. The summed E-state index contributed by atoms with van der Waals surface area (Å²) in [6.07, 6.45) is -2.33. The van der Waals surface area contributed by atoms with E-state index < -0.39 is 11.9 Å². The number of hydrogen-bond donors (Lipinski definition) is 1. The van der Waals surface area contributed by atoms with Crippen LogP contribution in [0.15, 0.2) is 18.3 Å². The molecule has 1 aromatic heterocycles. The van der Waals surface area contributed by atoms with Gasteiger partial charge in [-0.05, 0) is 31.0 Å². The Morgan fingerprint density at radius 3 is 2.85 bits per heavy atom. The first-order valence-corrected chi connectivity index (χ1v) is 6.34. The van der Waals surface area contributed by atoms with Crippen LogP contribution in [0.3, 0.4) is 0 Å². The predicted molar refractivity (Wildman–Crippen MR) is 72.1 cm³/mol. The fourth-order valence-corrected chi connectivity index (χ4v) is 2.19. The summed E-state index contributed by atoms with van der Waals surface area (Å²) < 4.78 is 43.6. The monoisotopic (exact) mass is 310 g/mol. The van der Waals surface area contributed by atoms with Gasteiger partial charge in [0.25, 0.3) is 0 Å². The lowest BCUT2D eigenvalue weighted by Gasteiger charge is -2.29. The number of halogens is 4. The van der Waals surface area contributed by atoms with Crippen LogP contribution in [-0.2, 0) is 6.18 Å². The van der Waals surface area contributed by atoms with E-state index in [1.165, 1.54) is 12.1 Å². The maximum atomic E-state index is 12.7. The number of ether oxygens (including phenoxy) is 1. The third-order valence-corrected chi connectivity index (χ3v) is 3.48. The number of alkyl halides is 3. The lowest BCUT2D eigenvalue weighted by atomic mass is 9.89. The van der Waals surface area contributed by atoms with Crippen molar-refractivity contribution < 1.29 is 17.9 Å². The Hall–Kier alpha value is -1.01. The molecule has 7 heteroatoms. The first kappa shape index (κ1) is 17.0. The van der Waals surface area contributed by atoms with Crippen LogP contribution < -0.4 is 10.1 Å². The van der Waals surface area contributed by atoms with Crippen LogP contribution in [0.2, 0.25) is 0 Å². The zero-order valence-corrected chi connectivity index (χ0v) is 11.9. The minimum absolute atomic E-state index is 0. The lowest BCUT2D eigenvalue weighted by molar-refractivity contribution is -0.142. The van der Waals surface area contributed by atoms with E-state index in [0.29, 0.717) is 5.92 Å². The molecule has 114 valence electrons. The van der Waals surface area contributed by atoms with E-state index in [1.807, 2.05) is 0 Å². The van der Waals surface area contributed by atoms with E-state index >= 15 is 0 Å². The molecule has 20 heavy (non-hydrogen) atoms. The SMILES string of the molecule is CC1CCNCC1COc1cccnc1C(F)(F)F.Cl. The Balaban J connectivity index is 0.00000200. The molecule has 1 aromatic rings. The van der Waals surface area contributed by atoms with Gasteiger partial charge in [0.15, 0.2) is 5.69 Å². The van der Waals surface area contributed by atoms with E-state index in [9.17, 15) is 13.2 Å². The van der Waals surface area contributed by atoms with Crippen LogP contribution in [0.5, 0.6) is 5.75 Å². The molecule has 2 unspecified atom stereocenters. The summed E-state index contributed by atoms with van der Waals surface area (Å²) in [5.41, 5.74) is -0.952. The Labute approximate surface area is 122 Å². The second-order valence-electron chi connectivity index (χ2n) is 4.89. The van der Waals surface area contributed by atoms with Crippen LogP contribution in [0.25, 0.3) is 0 Å². The summed E-state index contributed by atoms with van der Waals surface area (Å²) in [7, 11) is 0. The Kier molecular flexibility index (Phi) is 6.07.